The number of aromatic nitrogens is 5. The van der Waals surface area contributed by atoms with Crippen LogP contribution in [0.3, 0.4) is 0 Å². The largest absolute Gasteiger partial charge is 0.374 e. The van der Waals surface area contributed by atoms with Crippen molar-refractivity contribution in [3.8, 4) is 11.4 Å². The second-order valence-electron chi connectivity index (χ2n) is 2.38. The third-order valence-corrected chi connectivity index (χ3v) is 1.60. The van der Waals surface area contributed by atoms with Gasteiger partial charge in [-0.1, -0.05) is 0 Å². The molecule has 66 valence electrons. The lowest BCUT2D eigenvalue weighted by atomic mass is 10.2. The van der Waals surface area contributed by atoms with Gasteiger partial charge in [-0.25, -0.2) is 0 Å². The Morgan fingerprint density at radius 2 is 2.08 bits per heavy atom. The van der Waals surface area contributed by atoms with E-state index in [9.17, 15) is 0 Å². The van der Waals surface area contributed by atoms with Crippen LogP contribution in [0, 0.1) is 0 Å². The molecule has 1 N–H and O–H groups in total. The van der Waals surface area contributed by atoms with Crippen LogP contribution in [0.2, 0.25) is 0 Å². The van der Waals surface area contributed by atoms with Gasteiger partial charge in [-0.05, 0) is 22.6 Å². The van der Waals surface area contributed by atoms with Crippen molar-refractivity contribution in [3.63, 3.8) is 0 Å². The van der Waals surface area contributed by atoms with Crippen molar-refractivity contribution >= 4 is 0 Å². The Balaban J connectivity index is 2.47. The fourth-order valence-electron chi connectivity index (χ4n) is 1.01. The van der Waals surface area contributed by atoms with E-state index in [1.165, 1.54) is 4.68 Å². The second-order valence-corrected chi connectivity index (χ2v) is 2.38. The zero-order chi connectivity index (χ0) is 9.10. The third kappa shape index (κ3) is 1.38. The van der Waals surface area contributed by atoms with E-state index in [2.05, 4.69) is 20.5 Å². The molecule has 0 spiro atoms. The molecule has 13 heavy (non-hydrogen) atoms. The molecule has 2 aromatic rings. The third-order valence-electron chi connectivity index (χ3n) is 1.60. The van der Waals surface area contributed by atoms with E-state index in [4.69, 9.17) is 5.11 Å². The minimum atomic E-state index is -0.231. The Labute approximate surface area is 73.9 Å². The van der Waals surface area contributed by atoms with Crippen LogP contribution in [0.1, 0.15) is 0 Å². The number of aliphatic hydroxyl groups is 1. The van der Waals surface area contributed by atoms with Gasteiger partial charge in [0.15, 0.2) is 5.82 Å². The maximum atomic E-state index is 8.87. The maximum absolute atomic E-state index is 8.87. The Bertz CT molecular complexity index is 385. The fraction of sp³-hybridized carbons (Fsp3) is 0.143. The Kier molecular flexibility index (Phi) is 1.97. The summed E-state index contributed by atoms with van der Waals surface area (Å²) in [4.78, 5) is 3.87. The molecule has 0 aliphatic carbocycles. The van der Waals surface area contributed by atoms with E-state index in [0.717, 1.165) is 5.56 Å². The number of aliphatic hydroxyl groups excluding tert-OH is 1. The summed E-state index contributed by atoms with van der Waals surface area (Å²) in [5, 5.41) is 19.7. The van der Waals surface area contributed by atoms with Crippen LogP contribution in [0.5, 0.6) is 0 Å². The molecule has 0 atom stereocenters. The first kappa shape index (κ1) is 7.81. The molecule has 0 aliphatic rings. The summed E-state index contributed by atoms with van der Waals surface area (Å²) >= 11 is 0. The summed E-state index contributed by atoms with van der Waals surface area (Å²) in [5.74, 6) is 0.532. The van der Waals surface area contributed by atoms with Gasteiger partial charge < -0.3 is 5.11 Å². The smallest absolute Gasteiger partial charge is 0.184 e. The minimum absolute atomic E-state index is 0.231. The molecular weight excluding hydrogens is 170 g/mol. The standard InChI is InChI=1S/C7H7N5O/c13-5-12-7(9-10-11-12)6-1-3-8-4-2-6/h1-4,13H,5H2. The van der Waals surface area contributed by atoms with Crippen molar-refractivity contribution in [1.82, 2.24) is 25.2 Å². The van der Waals surface area contributed by atoms with E-state index >= 15 is 0 Å². The van der Waals surface area contributed by atoms with Crippen molar-refractivity contribution in [2.24, 2.45) is 0 Å². The van der Waals surface area contributed by atoms with E-state index in [1.54, 1.807) is 24.5 Å². The molecule has 0 saturated carbocycles. The number of nitrogens with zero attached hydrogens (tertiary/aromatic N) is 5. The molecule has 0 amide bonds. The highest BCUT2D eigenvalue weighted by Gasteiger charge is 2.06. The zero-order valence-electron chi connectivity index (χ0n) is 6.70. The highest BCUT2D eigenvalue weighted by molar-refractivity contribution is 5.52. The molecule has 6 nitrogen and oxygen atoms in total. The molecule has 0 aliphatic heterocycles. The summed E-state index contributed by atoms with van der Waals surface area (Å²) < 4.78 is 1.30. The lowest BCUT2D eigenvalue weighted by Gasteiger charge is -1.98. The van der Waals surface area contributed by atoms with Gasteiger partial charge in [0.2, 0.25) is 0 Å². The van der Waals surface area contributed by atoms with Gasteiger partial charge in [0, 0.05) is 18.0 Å². The van der Waals surface area contributed by atoms with Gasteiger partial charge in [0.1, 0.15) is 6.73 Å². The normalized spacial score (nSPS) is 10.2. The average Bonchev–Trinajstić information content (AvgIpc) is 2.67. The van der Waals surface area contributed by atoms with Gasteiger partial charge in [-0.15, -0.1) is 5.10 Å². The zero-order valence-corrected chi connectivity index (χ0v) is 6.70. The Morgan fingerprint density at radius 1 is 1.31 bits per heavy atom. The van der Waals surface area contributed by atoms with Gasteiger partial charge >= 0.3 is 0 Å². The first-order valence-electron chi connectivity index (χ1n) is 3.69. The molecule has 0 radical (unpaired) electrons. The maximum Gasteiger partial charge on any atom is 0.184 e. The SMILES string of the molecule is OCn1nnnc1-c1ccncc1. The molecule has 2 aromatic heterocycles. The topological polar surface area (TPSA) is 76.7 Å². The average molecular weight is 177 g/mol. The van der Waals surface area contributed by atoms with Crippen molar-refractivity contribution in [1.29, 1.82) is 0 Å². The molecule has 2 rings (SSSR count). The number of rotatable bonds is 2. The van der Waals surface area contributed by atoms with E-state index < -0.39 is 0 Å². The molecule has 2 heterocycles. The van der Waals surface area contributed by atoms with Crippen LogP contribution in [0.25, 0.3) is 11.4 Å². The minimum Gasteiger partial charge on any atom is -0.374 e. The number of hydrogen-bond acceptors (Lipinski definition) is 5. The van der Waals surface area contributed by atoms with E-state index in [-0.39, 0.29) is 6.73 Å². The molecular formula is C7H7N5O. The Hall–Kier alpha value is -1.82. The summed E-state index contributed by atoms with van der Waals surface area (Å²) in [6, 6.07) is 3.55. The molecule has 6 heteroatoms. The summed E-state index contributed by atoms with van der Waals surface area (Å²) in [6.07, 6.45) is 3.29. The molecule has 0 fully saturated rings. The van der Waals surface area contributed by atoms with Crippen LogP contribution >= 0.6 is 0 Å². The van der Waals surface area contributed by atoms with Gasteiger partial charge in [-0.2, -0.15) is 4.68 Å². The lowest BCUT2D eigenvalue weighted by molar-refractivity contribution is 0.194. The predicted molar refractivity (Wildman–Crippen MR) is 43.3 cm³/mol. The first-order valence-corrected chi connectivity index (χ1v) is 3.69. The lowest BCUT2D eigenvalue weighted by Crippen LogP contribution is -2.01. The number of hydrogen-bond donors (Lipinski definition) is 1. The van der Waals surface area contributed by atoms with Crippen molar-refractivity contribution in [2.75, 3.05) is 0 Å². The number of pyridine rings is 1. The van der Waals surface area contributed by atoms with Crippen LogP contribution in [0.4, 0.5) is 0 Å². The summed E-state index contributed by atoms with van der Waals surface area (Å²) in [5.41, 5.74) is 0.828. The monoisotopic (exact) mass is 177 g/mol. The van der Waals surface area contributed by atoms with E-state index in [0.29, 0.717) is 5.82 Å². The van der Waals surface area contributed by atoms with Crippen LogP contribution in [0.15, 0.2) is 24.5 Å². The van der Waals surface area contributed by atoms with Crippen molar-refractivity contribution in [2.45, 2.75) is 6.73 Å². The van der Waals surface area contributed by atoms with Crippen LogP contribution in [-0.4, -0.2) is 30.3 Å². The molecule has 0 unspecified atom stereocenters. The first-order chi connectivity index (χ1) is 6.42. The molecule has 0 aromatic carbocycles. The Morgan fingerprint density at radius 3 is 2.77 bits per heavy atom. The predicted octanol–water partition coefficient (Wildman–Crippen LogP) is -0.315. The van der Waals surface area contributed by atoms with Gasteiger partial charge in [0.25, 0.3) is 0 Å². The van der Waals surface area contributed by atoms with Gasteiger partial charge in [-0.3, -0.25) is 4.98 Å². The van der Waals surface area contributed by atoms with Crippen molar-refractivity contribution in [3.05, 3.63) is 24.5 Å². The highest BCUT2D eigenvalue weighted by atomic mass is 16.3. The fourth-order valence-corrected chi connectivity index (χ4v) is 1.01. The molecule has 0 saturated heterocycles. The summed E-state index contributed by atoms with van der Waals surface area (Å²) in [7, 11) is 0. The number of tetrazole rings is 1. The quantitative estimate of drug-likeness (QED) is 0.680. The van der Waals surface area contributed by atoms with Crippen molar-refractivity contribution < 1.29 is 5.11 Å². The van der Waals surface area contributed by atoms with Crippen LogP contribution in [-0.2, 0) is 6.73 Å². The van der Waals surface area contributed by atoms with Crippen LogP contribution < -0.4 is 0 Å². The summed E-state index contributed by atoms with van der Waals surface area (Å²) in [6.45, 7) is -0.231. The second kappa shape index (κ2) is 3.28. The highest BCUT2D eigenvalue weighted by Crippen LogP contribution is 2.12. The molecule has 0 bridgehead atoms. The van der Waals surface area contributed by atoms with E-state index in [1.807, 2.05) is 0 Å². The van der Waals surface area contributed by atoms with Gasteiger partial charge in [0.05, 0.1) is 0 Å².